The molecule has 1 heterocycles. The molecule has 1 N–H and O–H groups in total. The first kappa shape index (κ1) is 24.1. The number of hydrazone groups is 1. The molecule has 0 bridgehead atoms. The van der Waals surface area contributed by atoms with Crippen molar-refractivity contribution in [2.45, 2.75) is 17.4 Å². The second-order valence-electron chi connectivity index (χ2n) is 7.73. The minimum absolute atomic E-state index is 0.0577. The van der Waals surface area contributed by atoms with E-state index in [2.05, 4.69) is 9.82 Å². The number of methoxy groups -OCH3 is 1. The Morgan fingerprint density at radius 1 is 1.00 bits per heavy atom. The van der Waals surface area contributed by atoms with Crippen LogP contribution in [0, 0.1) is 0 Å². The molecule has 1 aliphatic rings. The van der Waals surface area contributed by atoms with Crippen LogP contribution in [-0.4, -0.2) is 40.3 Å². The van der Waals surface area contributed by atoms with Gasteiger partial charge in [0.15, 0.2) is 0 Å². The molecule has 3 aromatic carbocycles. The third kappa shape index (κ3) is 5.19. The lowest BCUT2D eigenvalue weighted by Gasteiger charge is -2.23. The number of halogens is 1. The van der Waals surface area contributed by atoms with Gasteiger partial charge < -0.3 is 4.74 Å². The van der Waals surface area contributed by atoms with Gasteiger partial charge in [0, 0.05) is 17.1 Å². The van der Waals surface area contributed by atoms with E-state index in [-0.39, 0.29) is 11.3 Å². The molecular formula is C23H22ClN3O5S2. The summed E-state index contributed by atoms with van der Waals surface area (Å²) in [7, 11) is -5.95. The monoisotopic (exact) mass is 519 g/mol. The number of ether oxygens (including phenoxy) is 1. The molecule has 34 heavy (non-hydrogen) atoms. The lowest BCUT2D eigenvalue weighted by Crippen LogP contribution is -2.27. The highest BCUT2D eigenvalue weighted by molar-refractivity contribution is 7.92. The summed E-state index contributed by atoms with van der Waals surface area (Å²) < 4.78 is 59.3. The molecule has 4 rings (SSSR count). The molecule has 3 aromatic rings. The summed E-state index contributed by atoms with van der Waals surface area (Å²) in [6.45, 7) is 0. The van der Waals surface area contributed by atoms with Gasteiger partial charge in [0.2, 0.25) is 10.0 Å². The molecule has 0 saturated carbocycles. The van der Waals surface area contributed by atoms with Crippen LogP contribution in [0.15, 0.2) is 82.8 Å². The van der Waals surface area contributed by atoms with E-state index < -0.39 is 26.1 Å². The van der Waals surface area contributed by atoms with Gasteiger partial charge in [-0.1, -0.05) is 35.9 Å². The highest BCUT2D eigenvalue weighted by atomic mass is 35.5. The zero-order valence-electron chi connectivity index (χ0n) is 18.3. The highest BCUT2D eigenvalue weighted by Gasteiger charge is 2.38. The molecule has 0 unspecified atom stereocenters. The first-order valence-electron chi connectivity index (χ1n) is 10.2. The Labute approximate surface area is 203 Å². The largest absolute Gasteiger partial charge is 0.497 e. The highest BCUT2D eigenvalue weighted by Crippen LogP contribution is 2.38. The van der Waals surface area contributed by atoms with Gasteiger partial charge in [0.25, 0.3) is 10.0 Å². The van der Waals surface area contributed by atoms with Gasteiger partial charge in [-0.15, -0.1) is 0 Å². The van der Waals surface area contributed by atoms with Crippen LogP contribution in [0.5, 0.6) is 5.75 Å². The molecule has 0 radical (unpaired) electrons. The van der Waals surface area contributed by atoms with Gasteiger partial charge in [-0.05, 0) is 59.7 Å². The summed E-state index contributed by atoms with van der Waals surface area (Å²) in [5, 5.41) is 4.91. The Morgan fingerprint density at radius 2 is 1.71 bits per heavy atom. The number of nitrogens with zero attached hydrogens (tertiary/aromatic N) is 2. The van der Waals surface area contributed by atoms with E-state index >= 15 is 0 Å². The minimum Gasteiger partial charge on any atom is -0.497 e. The number of hydrogen-bond donors (Lipinski definition) is 1. The average molecular weight is 520 g/mol. The van der Waals surface area contributed by atoms with Crippen LogP contribution >= 0.6 is 11.6 Å². The molecule has 0 aliphatic carbocycles. The molecule has 1 atom stereocenters. The normalized spacial score (nSPS) is 16.3. The van der Waals surface area contributed by atoms with Crippen molar-refractivity contribution in [3.8, 4) is 5.75 Å². The van der Waals surface area contributed by atoms with E-state index in [0.717, 1.165) is 10.7 Å². The van der Waals surface area contributed by atoms with Gasteiger partial charge in [0.1, 0.15) is 5.75 Å². The number of rotatable bonds is 7. The maximum atomic E-state index is 13.6. The molecule has 0 aromatic heterocycles. The number of anilines is 1. The topological polar surface area (TPSA) is 105 Å². The molecule has 0 spiro atoms. The van der Waals surface area contributed by atoms with E-state index in [1.807, 2.05) is 6.07 Å². The van der Waals surface area contributed by atoms with Crippen molar-refractivity contribution in [1.29, 1.82) is 0 Å². The quantitative estimate of drug-likeness (QED) is 0.502. The number of hydrogen-bond acceptors (Lipinski definition) is 6. The molecule has 0 amide bonds. The Kier molecular flexibility index (Phi) is 6.57. The summed E-state index contributed by atoms with van der Waals surface area (Å²) in [5.74, 6) is 0.592. The van der Waals surface area contributed by atoms with Crippen LogP contribution in [0.3, 0.4) is 0 Å². The SMILES string of the molecule is COc1cccc([C@H]2CC(c3cccc(NS(C)(=O)=O)c3)=NN2S(=O)(=O)c2ccc(Cl)cc2)c1. The van der Waals surface area contributed by atoms with Gasteiger partial charge in [-0.3, -0.25) is 4.72 Å². The van der Waals surface area contributed by atoms with E-state index in [1.54, 1.807) is 42.5 Å². The van der Waals surface area contributed by atoms with Gasteiger partial charge >= 0.3 is 0 Å². The Hall–Kier alpha value is -3.08. The summed E-state index contributed by atoms with van der Waals surface area (Å²) in [4.78, 5) is 0.0577. The van der Waals surface area contributed by atoms with Gasteiger partial charge in [-0.25, -0.2) is 8.42 Å². The Morgan fingerprint density at radius 3 is 2.38 bits per heavy atom. The summed E-state index contributed by atoms with van der Waals surface area (Å²) in [5.41, 5.74) is 2.18. The fourth-order valence-electron chi connectivity index (χ4n) is 3.67. The van der Waals surface area contributed by atoms with E-state index in [9.17, 15) is 16.8 Å². The number of benzene rings is 3. The zero-order chi connectivity index (χ0) is 24.5. The van der Waals surface area contributed by atoms with Crippen LogP contribution in [-0.2, 0) is 20.0 Å². The third-order valence-electron chi connectivity index (χ3n) is 5.21. The average Bonchev–Trinajstić information content (AvgIpc) is 3.25. The van der Waals surface area contributed by atoms with Crippen molar-refractivity contribution in [3.63, 3.8) is 0 Å². The maximum absolute atomic E-state index is 13.6. The van der Waals surface area contributed by atoms with Crippen molar-refractivity contribution in [2.75, 3.05) is 18.1 Å². The summed E-state index contributed by atoms with van der Waals surface area (Å²) >= 11 is 5.94. The second-order valence-corrected chi connectivity index (χ2v) is 11.7. The predicted octanol–water partition coefficient (Wildman–Crippen LogP) is 4.26. The molecule has 178 valence electrons. The van der Waals surface area contributed by atoms with Crippen molar-refractivity contribution in [2.24, 2.45) is 5.10 Å². The van der Waals surface area contributed by atoms with E-state index in [4.69, 9.17) is 16.3 Å². The lowest BCUT2D eigenvalue weighted by atomic mass is 9.99. The van der Waals surface area contributed by atoms with Crippen LogP contribution in [0.4, 0.5) is 5.69 Å². The maximum Gasteiger partial charge on any atom is 0.279 e. The number of nitrogens with one attached hydrogen (secondary N) is 1. The van der Waals surface area contributed by atoms with Crippen molar-refractivity contribution in [1.82, 2.24) is 4.41 Å². The molecular weight excluding hydrogens is 498 g/mol. The first-order chi connectivity index (χ1) is 16.1. The molecule has 0 fully saturated rings. The second kappa shape index (κ2) is 9.28. The van der Waals surface area contributed by atoms with Crippen molar-refractivity contribution in [3.05, 3.63) is 88.9 Å². The van der Waals surface area contributed by atoms with Crippen LogP contribution in [0.2, 0.25) is 5.02 Å². The van der Waals surface area contributed by atoms with Crippen molar-refractivity contribution >= 4 is 43.0 Å². The van der Waals surface area contributed by atoms with Gasteiger partial charge in [-0.2, -0.15) is 17.9 Å². The molecule has 8 nitrogen and oxygen atoms in total. The van der Waals surface area contributed by atoms with Gasteiger partial charge in [0.05, 0.1) is 30.0 Å². The molecule has 11 heteroatoms. The van der Waals surface area contributed by atoms with E-state index in [1.165, 1.54) is 31.4 Å². The fourth-order valence-corrected chi connectivity index (χ4v) is 5.79. The summed E-state index contributed by atoms with van der Waals surface area (Å²) in [6.07, 6.45) is 1.34. The van der Waals surface area contributed by atoms with E-state index in [0.29, 0.717) is 33.3 Å². The Bertz CT molecular complexity index is 1460. The lowest BCUT2D eigenvalue weighted by molar-refractivity contribution is 0.368. The smallest absolute Gasteiger partial charge is 0.279 e. The van der Waals surface area contributed by atoms with Crippen molar-refractivity contribution < 1.29 is 21.6 Å². The standard InChI is InChI=1S/C23H22ClN3O5S2/c1-32-20-8-4-6-17(14-20)23-15-22(16-5-3-7-19(13-16)26-33(2,28)29)25-27(23)34(30,31)21-11-9-18(24)10-12-21/h3-14,23,26H,15H2,1-2H3/t23-/m1/s1. The van der Waals surface area contributed by atoms with Crippen LogP contribution in [0.1, 0.15) is 23.6 Å². The molecule has 1 aliphatic heterocycles. The Balaban J connectivity index is 1.79. The predicted molar refractivity (Wildman–Crippen MR) is 132 cm³/mol. The fraction of sp³-hybridized carbons (Fsp3) is 0.174. The first-order valence-corrected chi connectivity index (χ1v) is 13.9. The minimum atomic E-state index is -4.02. The third-order valence-corrected chi connectivity index (χ3v) is 7.76. The molecule has 0 saturated heterocycles. The van der Waals surface area contributed by atoms with Crippen LogP contribution < -0.4 is 9.46 Å². The summed E-state index contributed by atoms with van der Waals surface area (Å²) in [6, 6.07) is 19.1. The zero-order valence-corrected chi connectivity index (χ0v) is 20.7. The number of sulfonamides is 2. The van der Waals surface area contributed by atoms with Crippen LogP contribution in [0.25, 0.3) is 0 Å².